The number of sulfonamides is 1. The van der Waals surface area contributed by atoms with E-state index >= 15 is 0 Å². The van der Waals surface area contributed by atoms with E-state index in [0.29, 0.717) is 11.5 Å². The molecular formula is C18H19N3O6S. The highest BCUT2D eigenvalue weighted by atomic mass is 32.2. The van der Waals surface area contributed by atoms with Crippen LogP contribution < -0.4 is 9.46 Å². The Kier molecular flexibility index (Phi) is 5.52. The first-order valence-electron chi connectivity index (χ1n) is 8.19. The molecule has 0 atom stereocenters. The van der Waals surface area contributed by atoms with Crippen LogP contribution in [-0.4, -0.2) is 38.4 Å². The zero-order valence-corrected chi connectivity index (χ0v) is 16.3. The minimum absolute atomic E-state index is 0.0776. The molecule has 0 aliphatic carbocycles. The monoisotopic (exact) mass is 405 g/mol. The molecule has 3 aromatic rings. The van der Waals surface area contributed by atoms with E-state index < -0.39 is 16.0 Å². The quantitative estimate of drug-likeness (QED) is 0.598. The Morgan fingerprint density at radius 3 is 2.64 bits per heavy atom. The van der Waals surface area contributed by atoms with Crippen molar-refractivity contribution in [2.75, 3.05) is 14.2 Å². The largest absolute Gasteiger partial charge is 0.495 e. The first kappa shape index (κ1) is 19.6. The van der Waals surface area contributed by atoms with Gasteiger partial charge in [0.05, 0.1) is 26.3 Å². The third kappa shape index (κ3) is 3.92. The highest BCUT2D eigenvalue weighted by Crippen LogP contribution is 2.26. The second-order valence-corrected chi connectivity index (χ2v) is 7.52. The molecule has 2 heterocycles. The van der Waals surface area contributed by atoms with E-state index in [2.05, 4.69) is 14.6 Å². The normalized spacial score (nSPS) is 11.4. The number of hydrogen-bond acceptors (Lipinski definition) is 7. The average Bonchev–Trinajstić information content (AvgIpc) is 3.33. The van der Waals surface area contributed by atoms with Crippen LogP contribution in [0.3, 0.4) is 0 Å². The van der Waals surface area contributed by atoms with Gasteiger partial charge in [-0.2, -0.15) is 5.10 Å². The molecule has 28 heavy (non-hydrogen) atoms. The number of furan rings is 1. The molecule has 0 spiro atoms. The van der Waals surface area contributed by atoms with Crippen LogP contribution in [-0.2, 0) is 28.4 Å². The summed E-state index contributed by atoms with van der Waals surface area (Å²) < 4.78 is 45.0. The molecule has 0 bridgehead atoms. The fourth-order valence-corrected chi connectivity index (χ4v) is 3.79. The number of aryl methyl sites for hydroxylation is 1. The van der Waals surface area contributed by atoms with Gasteiger partial charge in [-0.05, 0) is 36.4 Å². The molecule has 2 aromatic heterocycles. The van der Waals surface area contributed by atoms with Crippen LogP contribution in [0.5, 0.6) is 5.75 Å². The minimum Gasteiger partial charge on any atom is -0.495 e. The number of carbonyl (C=O) groups is 1. The number of hydrogen-bond donors (Lipinski definition) is 1. The second-order valence-electron chi connectivity index (χ2n) is 5.79. The SMILES string of the molecule is COC(=O)c1ccc(OC)c(S(=O)(=O)NCc2ccc(-c3ccnn3C)o2)c1. The number of carbonyl (C=O) groups excluding carboxylic acids is 1. The van der Waals surface area contributed by atoms with Crippen molar-refractivity contribution in [3.8, 4) is 17.2 Å². The molecular weight excluding hydrogens is 386 g/mol. The zero-order valence-electron chi connectivity index (χ0n) is 15.5. The van der Waals surface area contributed by atoms with Gasteiger partial charge in [0.25, 0.3) is 0 Å². The lowest BCUT2D eigenvalue weighted by atomic mass is 10.2. The lowest BCUT2D eigenvalue weighted by molar-refractivity contribution is 0.0600. The van der Waals surface area contributed by atoms with Gasteiger partial charge in [-0.1, -0.05) is 0 Å². The predicted octanol–water partition coefficient (Wildman–Crippen LogP) is 1.95. The third-order valence-electron chi connectivity index (χ3n) is 4.05. The summed E-state index contributed by atoms with van der Waals surface area (Å²) in [7, 11) is 0.364. The Labute approximate surface area is 161 Å². The van der Waals surface area contributed by atoms with Crippen LogP contribution in [0.2, 0.25) is 0 Å². The molecule has 3 rings (SSSR count). The van der Waals surface area contributed by atoms with E-state index in [9.17, 15) is 13.2 Å². The Morgan fingerprint density at radius 1 is 1.21 bits per heavy atom. The summed E-state index contributed by atoms with van der Waals surface area (Å²) in [5, 5.41) is 4.07. The Hall–Kier alpha value is -3.11. The smallest absolute Gasteiger partial charge is 0.337 e. The van der Waals surface area contributed by atoms with E-state index in [4.69, 9.17) is 9.15 Å². The number of nitrogens with zero attached hydrogens (tertiary/aromatic N) is 2. The van der Waals surface area contributed by atoms with Gasteiger partial charge in [0.2, 0.25) is 10.0 Å². The molecule has 0 amide bonds. The van der Waals surface area contributed by atoms with Crippen LogP contribution in [0.15, 0.2) is 51.9 Å². The number of ether oxygens (including phenoxy) is 2. The second kappa shape index (κ2) is 7.87. The summed E-state index contributed by atoms with van der Waals surface area (Å²) in [5.74, 6) is 0.448. The molecule has 1 aromatic carbocycles. The maximum Gasteiger partial charge on any atom is 0.337 e. The number of benzene rings is 1. The maximum atomic E-state index is 12.7. The molecule has 9 nitrogen and oxygen atoms in total. The van der Waals surface area contributed by atoms with E-state index in [1.165, 1.54) is 32.4 Å². The van der Waals surface area contributed by atoms with Gasteiger partial charge in [-0.25, -0.2) is 17.9 Å². The topological polar surface area (TPSA) is 113 Å². The third-order valence-corrected chi connectivity index (χ3v) is 5.47. The minimum atomic E-state index is -3.98. The number of methoxy groups -OCH3 is 2. The molecule has 148 valence electrons. The predicted molar refractivity (Wildman–Crippen MR) is 99.3 cm³/mol. The molecule has 0 unspecified atom stereocenters. The molecule has 0 saturated carbocycles. The van der Waals surface area contributed by atoms with E-state index in [1.807, 2.05) is 0 Å². The molecule has 0 aliphatic heterocycles. The van der Waals surface area contributed by atoms with E-state index in [-0.39, 0.29) is 22.8 Å². The Bertz CT molecular complexity index is 1100. The van der Waals surface area contributed by atoms with Gasteiger partial charge in [0, 0.05) is 13.2 Å². The lowest BCUT2D eigenvalue weighted by Gasteiger charge is -2.11. The summed E-state index contributed by atoms with van der Waals surface area (Å²) in [5.41, 5.74) is 0.863. The van der Waals surface area contributed by atoms with E-state index in [1.54, 1.807) is 36.1 Å². The van der Waals surface area contributed by atoms with Crippen molar-refractivity contribution in [2.24, 2.45) is 7.05 Å². The van der Waals surface area contributed by atoms with Crippen molar-refractivity contribution in [2.45, 2.75) is 11.4 Å². The van der Waals surface area contributed by atoms with Crippen molar-refractivity contribution in [1.82, 2.24) is 14.5 Å². The van der Waals surface area contributed by atoms with Crippen LogP contribution in [0.1, 0.15) is 16.1 Å². The molecule has 0 saturated heterocycles. The summed E-state index contributed by atoms with van der Waals surface area (Å²) in [4.78, 5) is 11.5. The lowest BCUT2D eigenvalue weighted by Crippen LogP contribution is -2.24. The highest BCUT2D eigenvalue weighted by Gasteiger charge is 2.22. The van der Waals surface area contributed by atoms with Gasteiger partial charge in [-0.15, -0.1) is 0 Å². The fraction of sp³-hybridized carbons (Fsp3) is 0.222. The zero-order chi connectivity index (χ0) is 20.3. The fourth-order valence-electron chi connectivity index (χ4n) is 2.60. The Balaban J connectivity index is 1.82. The summed E-state index contributed by atoms with van der Waals surface area (Å²) in [6, 6.07) is 9.23. The van der Waals surface area contributed by atoms with Gasteiger partial charge in [0.15, 0.2) is 5.76 Å². The maximum absolute atomic E-state index is 12.7. The number of esters is 1. The van der Waals surface area contributed by atoms with Crippen molar-refractivity contribution in [3.63, 3.8) is 0 Å². The van der Waals surface area contributed by atoms with Gasteiger partial charge < -0.3 is 13.9 Å². The molecule has 1 N–H and O–H groups in total. The standard InChI is InChI=1S/C18H19N3O6S/c1-21-14(8-9-19-21)15-7-5-13(27-15)11-20-28(23,24)17-10-12(18(22)26-3)4-6-16(17)25-2/h4-10,20H,11H2,1-3H3. The number of nitrogens with one attached hydrogen (secondary N) is 1. The van der Waals surface area contributed by atoms with Crippen LogP contribution in [0.4, 0.5) is 0 Å². The van der Waals surface area contributed by atoms with Crippen molar-refractivity contribution in [1.29, 1.82) is 0 Å². The summed E-state index contributed by atoms with van der Waals surface area (Å²) in [6.07, 6.45) is 1.64. The average molecular weight is 405 g/mol. The summed E-state index contributed by atoms with van der Waals surface area (Å²) in [6.45, 7) is -0.0776. The first-order chi connectivity index (χ1) is 13.4. The molecule has 10 heteroatoms. The van der Waals surface area contributed by atoms with Gasteiger partial charge in [0.1, 0.15) is 22.1 Å². The van der Waals surface area contributed by atoms with E-state index in [0.717, 1.165) is 5.69 Å². The number of rotatable bonds is 7. The first-order valence-corrected chi connectivity index (χ1v) is 9.67. The van der Waals surface area contributed by atoms with Crippen molar-refractivity contribution in [3.05, 3.63) is 53.9 Å². The van der Waals surface area contributed by atoms with Crippen LogP contribution in [0, 0.1) is 0 Å². The van der Waals surface area contributed by atoms with Crippen LogP contribution >= 0.6 is 0 Å². The molecule has 0 aliphatic rings. The van der Waals surface area contributed by atoms with Crippen molar-refractivity contribution < 1.29 is 27.1 Å². The molecule has 0 fully saturated rings. The number of aromatic nitrogens is 2. The van der Waals surface area contributed by atoms with Crippen LogP contribution in [0.25, 0.3) is 11.5 Å². The highest BCUT2D eigenvalue weighted by molar-refractivity contribution is 7.89. The summed E-state index contributed by atoms with van der Waals surface area (Å²) >= 11 is 0. The van der Waals surface area contributed by atoms with Gasteiger partial charge in [-0.3, -0.25) is 4.68 Å². The Morgan fingerprint density at radius 2 is 2.00 bits per heavy atom. The van der Waals surface area contributed by atoms with Gasteiger partial charge >= 0.3 is 5.97 Å². The van der Waals surface area contributed by atoms with Crippen molar-refractivity contribution >= 4 is 16.0 Å². The molecule has 0 radical (unpaired) electrons.